The molecule has 0 bridgehead atoms. The zero-order valence-electron chi connectivity index (χ0n) is 10.1. The summed E-state index contributed by atoms with van der Waals surface area (Å²) in [7, 11) is 0. The Morgan fingerprint density at radius 2 is 2.11 bits per heavy atom. The van der Waals surface area contributed by atoms with Crippen LogP contribution in [-0.4, -0.2) is 19.3 Å². The Morgan fingerprint density at radius 3 is 2.61 bits per heavy atom. The maximum absolute atomic E-state index is 12.6. The average Bonchev–Trinajstić information content (AvgIpc) is 2.77. The molecule has 0 radical (unpaired) electrons. The van der Waals surface area contributed by atoms with Crippen LogP contribution in [0.3, 0.4) is 0 Å². The minimum atomic E-state index is -4.07. The first-order valence-electron chi connectivity index (χ1n) is 5.89. The van der Waals surface area contributed by atoms with Crippen LogP contribution in [0, 0.1) is 12.8 Å². The first kappa shape index (κ1) is 13.7. The van der Waals surface area contributed by atoms with Gasteiger partial charge in [-0.15, -0.1) is 0 Å². The number of halogens is 4. The van der Waals surface area contributed by atoms with Crippen LogP contribution in [0.15, 0.2) is 18.2 Å². The number of alkyl halides is 4. The molecule has 1 aliphatic rings. The second-order valence-corrected chi connectivity index (χ2v) is 5.29. The van der Waals surface area contributed by atoms with Gasteiger partial charge in [-0.1, -0.05) is 28.1 Å². The molecule has 2 rings (SSSR count). The molecule has 0 saturated carbocycles. The lowest BCUT2D eigenvalue weighted by atomic mass is 10.1. The van der Waals surface area contributed by atoms with Crippen LogP contribution in [0.25, 0.3) is 0 Å². The van der Waals surface area contributed by atoms with Gasteiger partial charge in [0.1, 0.15) is 0 Å². The molecule has 1 saturated heterocycles. The van der Waals surface area contributed by atoms with E-state index in [0.717, 1.165) is 22.1 Å². The molecule has 1 nitrogen and oxygen atoms in total. The van der Waals surface area contributed by atoms with E-state index < -0.39 is 12.1 Å². The van der Waals surface area contributed by atoms with Gasteiger partial charge in [0.25, 0.3) is 0 Å². The number of rotatable bonds is 2. The maximum atomic E-state index is 12.6. The highest BCUT2D eigenvalue weighted by atomic mass is 79.9. The molecule has 1 unspecified atom stereocenters. The average molecular weight is 322 g/mol. The Morgan fingerprint density at radius 1 is 1.39 bits per heavy atom. The molecular weight excluding hydrogens is 307 g/mol. The summed E-state index contributed by atoms with van der Waals surface area (Å²) >= 11 is 3.37. The van der Waals surface area contributed by atoms with E-state index in [4.69, 9.17) is 0 Å². The fraction of sp³-hybridized carbons (Fsp3) is 0.538. The molecule has 0 aromatic heterocycles. The van der Waals surface area contributed by atoms with E-state index in [2.05, 4.69) is 15.9 Å². The summed E-state index contributed by atoms with van der Waals surface area (Å²) < 4.78 is 37.9. The molecule has 1 aromatic rings. The molecule has 1 aromatic carbocycles. The van der Waals surface area contributed by atoms with Gasteiger partial charge in [0.15, 0.2) is 0 Å². The van der Waals surface area contributed by atoms with Gasteiger partial charge in [-0.2, -0.15) is 13.2 Å². The molecule has 0 aliphatic carbocycles. The lowest BCUT2D eigenvalue weighted by Gasteiger charge is -2.22. The third-order valence-electron chi connectivity index (χ3n) is 3.41. The zero-order valence-corrected chi connectivity index (χ0v) is 11.7. The van der Waals surface area contributed by atoms with Crippen molar-refractivity contribution in [2.75, 3.05) is 18.0 Å². The van der Waals surface area contributed by atoms with Gasteiger partial charge < -0.3 is 4.90 Å². The molecule has 18 heavy (non-hydrogen) atoms. The van der Waals surface area contributed by atoms with Gasteiger partial charge >= 0.3 is 6.18 Å². The van der Waals surface area contributed by atoms with Crippen molar-refractivity contribution in [1.82, 2.24) is 0 Å². The zero-order chi connectivity index (χ0) is 13.3. The van der Waals surface area contributed by atoms with E-state index in [1.54, 1.807) is 0 Å². The van der Waals surface area contributed by atoms with Crippen LogP contribution in [0.1, 0.15) is 17.5 Å². The van der Waals surface area contributed by atoms with Crippen LogP contribution in [0.4, 0.5) is 18.9 Å². The number of hydrogen-bond donors (Lipinski definition) is 0. The fourth-order valence-corrected chi connectivity index (χ4v) is 2.75. The van der Waals surface area contributed by atoms with Gasteiger partial charge in [-0.25, -0.2) is 0 Å². The summed E-state index contributed by atoms with van der Waals surface area (Å²) in [4.78, 5) is 1.84. The van der Waals surface area contributed by atoms with E-state index in [9.17, 15) is 13.2 Å². The lowest BCUT2D eigenvalue weighted by molar-refractivity contribution is -0.168. The SMILES string of the molecule is Cc1cc(CBr)ccc1N1CCC(C(F)(F)F)C1. The van der Waals surface area contributed by atoms with Crippen LogP contribution in [0.5, 0.6) is 0 Å². The summed E-state index contributed by atoms with van der Waals surface area (Å²) in [5.41, 5.74) is 3.10. The Hall–Kier alpha value is -0.710. The third kappa shape index (κ3) is 2.82. The second kappa shape index (κ2) is 5.11. The smallest absolute Gasteiger partial charge is 0.371 e. The summed E-state index contributed by atoms with van der Waals surface area (Å²) in [5, 5.41) is 0.763. The highest BCUT2D eigenvalue weighted by molar-refractivity contribution is 9.08. The van der Waals surface area contributed by atoms with Crippen molar-refractivity contribution in [3.05, 3.63) is 29.3 Å². The first-order chi connectivity index (χ1) is 8.41. The Bertz CT molecular complexity index is 431. The minimum Gasteiger partial charge on any atom is -0.371 e. The van der Waals surface area contributed by atoms with Crippen molar-refractivity contribution in [1.29, 1.82) is 0 Å². The van der Waals surface area contributed by atoms with Crippen LogP contribution >= 0.6 is 15.9 Å². The largest absolute Gasteiger partial charge is 0.393 e. The van der Waals surface area contributed by atoms with Crippen molar-refractivity contribution < 1.29 is 13.2 Å². The number of anilines is 1. The van der Waals surface area contributed by atoms with Crippen LogP contribution in [0.2, 0.25) is 0 Å². The predicted molar refractivity (Wildman–Crippen MR) is 70.2 cm³/mol. The first-order valence-corrected chi connectivity index (χ1v) is 7.01. The van der Waals surface area contributed by atoms with E-state index in [0.29, 0.717) is 6.54 Å². The van der Waals surface area contributed by atoms with Gasteiger partial charge in [0.2, 0.25) is 0 Å². The number of hydrogen-bond acceptors (Lipinski definition) is 1. The summed E-state index contributed by atoms with van der Waals surface area (Å²) in [6, 6.07) is 5.90. The van der Waals surface area contributed by atoms with E-state index in [1.165, 1.54) is 0 Å². The topological polar surface area (TPSA) is 3.24 Å². The van der Waals surface area contributed by atoms with Gasteiger partial charge in [0.05, 0.1) is 5.92 Å². The molecule has 1 aliphatic heterocycles. The van der Waals surface area contributed by atoms with E-state index in [1.807, 2.05) is 30.0 Å². The minimum absolute atomic E-state index is 0.0813. The summed E-state index contributed by atoms with van der Waals surface area (Å²) in [6.07, 6.45) is -3.87. The molecule has 5 heteroatoms. The molecular formula is C13H15BrF3N. The van der Waals surface area contributed by atoms with Crippen molar-refractivity contribution in [3.63, 3.8) is 0 Å². The van der Waals surface area contributed by atoms with Gasteiger partial charge in [0, 0.05) is 24.1 Å². The van der Waals surface area contributed by atoms with Crippen molar-refractivity contribution in [3.8, 4) is 0 Å². The van der Waals surface area contributed by atoms with Crippen LogP contribution < -0.4 is 4.90 Å². The quantitative estimate of drug-likeness (QED) is 0.735. The van der Waals surface area contributed by atoms with E-state index >= 15 is 0 Å². The molecule has 1 fully saturated rings. The Kier molecular flexibility index (Phi) is 3.90. The van der Waals surface area contributed by atoms with Crippen molar-refractivity contribution in [2.24, 2.45) is 5.92 Å². The number of aryl methyl sites for hydroxylation is 1. The molecule has 0 N–H and O–H groups in total. The Balaban J connectivity index is 2.14. The summed E-state index contributed by atoms with van der Waals surface area (Å²) in [6.45, 7) is 2.51. The van der Waals surface area contributed by atoms with Gasteiger partial charge in [-0.05, 0) is 30.5 Å². The predicted octanol–water partition coefficient (Wildman–Crippen LogP) is 4.28. The number of nitrogens with zero attached hydrogens (tertiary/aromatic N) is 1. The summed E-state index contributed by atoms with van der Waals surface area (Å²) in [5.74, 6) is -1.19. The maximum Gasteiger partial charge on any atom is 0.393 e. The highest BCUT2D eigenvalue weighted by Gasteiger charge is 2.43. The second-order valence-electron chi connectivity index (χ2n) is 4.73. The van der Waals surface area contributed by atoms with Crippen LogP contribution in [-0.2, 0) is 5.33 Å². The molecule has 0 spiro atoms. The van der Waals surface area contributed by atoms with Crippen molar-refractivity contribution >= 4 is 21.6 Å². The molecule has 1 atom stereocenters. The molecule has 100 valence electrons. The standard InChI is InChI=1S/C13H15BrF3N/c1-9-6-10(7-14)2-3-12(9)18-5-4-11(8-18)13(15,16)17/h2-3,6,11H,4-5,7-8H2,1H3. The monoisotopic (exact) mass is 321 g/mol. The third-order valence-corrected chi connectivity index (χ3v) is 4.05. The van der Waals surface area contributed by atoms with E-state index in [-0.39, 0.29) is 13.0 Å². The lowest BCUT2D eigenvalue weighted by Crippen LogP contribution is -2.27. The normalized spacial score (nSPS) is 20.5. The van der Waals surface area contributed by atoms with Crippen molar-refractivity contribution in [2.45, 2.75) is 24.9 Å². The number of benzene rings is 1. The van der Waals surface area contributed by atoms with Gasteiger partial charge in [-0.3, -0.25) is 0 Å². The molecule has 1 heterocycles. The molecule has 0 amide bonds. The highest BCUT2D eigenvalue weighted by Crippen LogP contribution is 2.36. The fourth-order valence-electron chi connectivity index (χ4n) is 2.40. The Labute approximate surface area is 113 Å².